The highest BCUT2D eigenvalue weighted by Crippen LogP contribution is 2.59. The zero-order valence-electron chi connectivity index (χ0n) is 18.2. The molecule has 0 atom stereocenters. The maximum absolute atomic E-state index is 12.7. The fraction of sp³-hybridized carbons (Fsp3) is 0.520. The van der Waals surface area contributed by atoms with E-state index in [9.17, 15) is 4.79 Å². The van der Waals surface area contributed by atoms with Gasteiger partial charge in [0.2, 0.25) is 0 Å². The summed E-state index contributed by atoms with van der Waals surface area (Å²) >= 11 is 7.23. The second-order valence-electron chi connectivity index (χ2n) is 9.82. The third kappa shape index (κ3) is 4.00. The molecule has 0 radical (unpaired) electrons. The van der Waals surface area contributed by atoms with Crippen molar-refractivity contribution in [2.45, 2.75) is 45.4 Å². The molecule has 0 spiro atoms. The summed E-state index contributed by atoms with van der Waals surface area (Å²) in [4.78, 5) is 13.8. The highest BCUT2D eigenvalue weighted by molar-refractivity contribution is 7.80. The Bertz CT molecular complexity index is 963. The molecule has 4 nitrogen and oxygen atoms in total. The molecule has 4 bridgehead atoms. The van der Waals surface area contributed by atoms with Gasteiger partial charge in [-0.1, -0.05) is 30.3 Å². The monoisotopic (exact) mass is 454 g/mol. The summed E-state index contributed by atoms with van der Waals surface area (Å²) in [5.74, 6) is 2.44. The van der Waals surface area contributed by atoms with Crippen molar-refractivity contribution in [2.24, 2.45) is 23.2 Å². The molecule has 1 aromatic heterocycles. The van der Waals surface area contributed by atoms with Crippen molar-refractivity contribution in [1.82, 2.24) is 5.32 Å². The number of thiophene rings is 1. The van der Waals surface area contributed by atoms with Crippen LogP contribution >= 0.6 is 23.6 Å². The SMILES string of the molecule is COC(=O)c1c(NC(=S)NCC23CC4CC(CC(C4)C2)C3)sc(C)c1-c1ccccc1. The summed E-state index contributed by atoms with van der Waals surface area (Å²) in [5, 5.41) is 8.20. The van der Waals surface area contributed by atoms with Gasteiger partial charge in [-0.05, 0) is 86.4 Å². The summed E-state index contributed by atoms with van der Waals surface area (Å²) in [5.41, 5.74) is 2.91. The highest BCUT2D eigenvalue weighted by atomic mass is 32.1. The molecule has 4 aliphatic carbocycles. The van der Waals surface area contributed by atoms with Crippen LogP contribution in [-0.4, -0.2) is 24.7 Å². The first-order valence-electron chi connectivity index (χ1n) is 11.3. The number of ether oxygens (including phenoxy) is 1. The first-order valence-corrected chi connectivity index (χ1v) is 12.5. The Hall–Kier alpha value is -1.92. The molecule has 0 saturated heterocycles. The van der Waals surface area contributed by atoms with E-state index in [0.717, 1.165) is 45.3 Å². The predicted molar refractivity (Wildman–Crippen MR) is 131 cm³/mol. The van der Waals surface area contributed by atoms with Gasteiger partial charge in [-0.3, -0.25) is 0 Å². The molecule has 31 heavy (non-hydrogen) atoms. The first kappa shape index (κ1) is 21.0. The summed E-state index contributed by atoms with van der Waals surface area (Å²) < 4.78 is 5.12. The molecule has 164 valence electrons. The second-order valence-corrected chi connectivity index (χ2v) is 11.5. The predicted octanol–water partition coefficient (Wildman–Crippen LogP) is 6.01. The number of hydrogen-bond donors (Lipinski definition) is 2. The number of aryl methyl sites for hydroxylation is 1. The summed E-state index contributed by atoms with van der Waals surface area (Å²) in [6, 6.07) is 9.99. The molecule has 1 heterocycles. The van der Waals surface area contributed by atoms with Gasteiger partial charge in [0.25, 0.3) is 0 Å². The van der Waals surface area contributed by atoms with Gasteiger partial charge in [-0.15, -0.1) is 11.3 Å². The lowest BCUT2D eigenvalue weighted by molar-refractivity contribution is -0.0490. The van der Waals surface area contributed by atoms with Crippen LogP contribution in [0.3, 0.4) is 0 Å². The van der Waals surface area contributed by atoms with Crippen molar-refractivity contribution in [3.63, 3.8) is 0 Å². The number of thiocarbonyl (C=S) groups is 1. The molecule has 4 aliphatic rings. The van der Waals surface area contributed by atoms with E-state index in [1.165, 1.54) is 45.6 Å². The average molecular weight is 455 g/mol. The van der Waals surface area contributed by atoms with Crippen LogP contribution in [0.2, 0.25) is 0 Å². The first-order chi connectivity index (χ1) is 15.0. The molecular formula is C25H30N2O2S2. The third-order valence-electron chi connectivity index (χ3n) is 7.55. The minimum absolute atomic E-state index is 0.338. The number of esters is 1. The molecule has 2 aromatic rings. The Labute approximate surface area is 193 Å². The molecule has 4 fully saturated rings. The zero-order chi connectivity index (χ0) is 21.6. The van der Waals surface area contributed by atoms with E-state index in [0.29, 0.717) is 16.1 Å². The Morgan fingerprint density at radius 1 is 1.13 bits per heavy atom. The zero-order valence-corrected chi connectivity index (χ0v) is 19.8. The molecule has 6 rings (SSSR count). The van der Waals surface area contributed by atoms with E-state index >= 15 is 0 Å². The maximum Gasteiger partial charge on any atom is 0.341 e. The number of carbonyl (C=O) groups excluding carboxylic acids is 1. The van der Waals surface area contributed by atoms with Crippen molar-refractivity contribution in [3.05, 3.63) is 40.8 Å². The van der Waals surface area contributed by atoms with Crippen molar-refractivity contribution in [3.8, 4) is 11.1 Å². The summed E-state index contributed by atoms with van der Waals surface area (Å²) in [6.45, 7) is 2.97. The van der Waals surface area contributed by atoms with E-state index in [1.54, 1.807) is 11.3 Å². The number of benzene rings is 1. The van der Waals surface area contributed by atoms with Crippen LogP contribution < -0.4 is 10.6 Å². The van der Waals surface area contributed by atoms with E-state index in [-0.39, 0.29) is 5.97 Å². The normalized spacial score (nSPS) is 28.4. The molecule has 0 unspecified atom stereocenters. The van der Waals surface area contributed by atoms with Crippen molar-refractivity contribution >= 4 is 39.6 Å². The van der Waals surface area contributed by atoms with E-state index in [1.807, 2.05) is 37.3 Å². The van der Waals surface area contributed by atoms with Gasteiger partial charge in [0.15, 0.2) is 5.11 Å². The van der Waals surface area contributed by atoms with E-state index in [4.69, 9.17) is 17.0 Å². The fourth-order valence-electron chi connectivity index (χ4n) is 6.80. The smallest absolute Gasteiger partial charge is 0.341 e. The van der Waals surface area contributed by atoms with Crippen LogP contribution in [0.1, 0.15) is 53.8 Å². The molecule has 2 N–H and O–H groups in total. The standard InChI is InChI=1S/C25H30N2O2S2/c1-15-20(19-6-4-3-5-7-19)21(23(28)29-2)22(31-15)27-24(30)26-14-25-11-16-8-17(12-25)10-18(9-16)13-25/h3-7,16-18H,8-14H2,1-2H3,(H2,26,27,30). The van der Waals surface area contributed by atoms with E-state index in [2.05, 4.69) is 10.6 Å². The van der Waals surface area contributed by atoms with Gasteiger partial charge in [0.1, 0.15) is 10.6 Å². The number of carbonyl (C=O) groups is 1. The number of anilines is 1. The van der Waals surface area contributed by atoms with E-state index < -0.39 is 0 Å². The van der Waals surface area contributed by atoms with Gasteiger partial charge >= 0.3 is 5.97 Å². The summed E-state index contributed by atoms with van der Waals surface area (Å²) in [7, 11) is 1.43. The minimum Gasteiger partial charge on any atom is -0.465 e. The van der Waals surface area contributed by atoms with Crippen LogP contribution in [0.4, 0.5) is 5.00 Å². The van der Waals surface area contributed by atoms with Crippen LogP contribution in [0, 0.1) is 30.1 Å². The number of methoxy groups -OCH3 is 1. The second kappa shape index (κ2) is 8.21. The van der Waals surface area contributed by atoms with Crippen molar-refractivity contribution in [2.75, 3.05) is 19.0 Å². The fourth-order valence-corrected chi connectivity index (χ4v) is 8.11. The van der Waals surface area contributed by atoms with Crippen LogP contribution in [0.25, 0.3) is 11.1 Å². The molecule has 1 aromatic carbocycles. The largest absolute Gasteiger partial charge is 0.465 e. The van der Waals surface area contributed by atoms with Gasteiger partial charge in [-0.2, -0.15) is 0 Å². The lowest BCUT2D eigenvalue weighted by atomic mass is 9.49. The molecule has 4 saturated carbocycles. The van der Waals surface area contributed by atoms with Crippen LogP contribution in [0.5, 0.6) is 0 Å². The molecule has 6 heteroatoms. The van der Waals surface area contributed by atoms with Crippen molar-refractivity contribution < 1.29 is 9.53 Å². The Morgan fingerprint density at radius 3 is 2.32 bits per heavy atom. The number of rotatable bonds is 5. The average Bonchev–Trinajstić information content (AvgIpc) is 3.07. The third-order valence-corrected chi connectivity index (χ3v) is 8.82. The quantitative estimate of drug-likeness (QED) is 0.428. The maximum atomic E-state index is 12.7. The van der Waals surface area contributed by atoms with Gasteiger partial charge in [0.05, 0.1) is 7.11 Å². The lowest BCUT2D eigenvalue weighted by Crippen LogP contribution is -2.51. The topological polar surface area (TPSA) is 50.4 Å². The van der Waals surface area contributed by atoms with Gasteiger partial charge < -0.3 is 15.4 Å². The Balaban J connectivity index is 1.33. The minimum atomic E-state index is -0.338. The van der Waals surface area contributed by atoms with Crippen LogP contribution in [-0.2, 0) is 4.74 Å². The summed E-state index contributed by atoms with van der Waals surface area (Å²) in [6.07, 6.45) is 8.37. The Kier molecular flexibility index (Phi) is 5.55. The van der Waals surface area contributed by atoms with Gasteiger partial charge in [0, 0.05) is 17.0 Å². The molecular weight excluding hydrogens is 424 g/mol. The lowest BCUT2D eigenvalue weighted by Gasteiger charge is -2.57. The highest BCUT2D eigenvalue weighted by Gasteiger charge is 2.50. The Morgan fingerprint density at radius 2 is 1.74 bits per heavy atom. The molecule has 0 amide bonds. The number of hydrogen-bond acceptors (Lipinski definition) is 4. The van der Waals surface area contributed by atoms with Crippen LogP contribution in [0.15, 0.2) is 30.3 Å². The number of nitrogens with one attached hydrogen (secondary N) is 2. The molecule has 0 aliphatic heterocycles. The van der Waals surface area contributed by atoms with Crippen molar-refractivity contribution in [1.29, 1.82) is 0 Å². The van der Waals surface area contributed by atoms with Gasteiger partial charge in [-0.25, -0.2) is 4.79 Å².